The van der Waals surface area contributed by atoms with Gasteiger partial charge in [-0.1, -0.05) is 80.8 Å². The molecule has 0 unspecified atom stereocenters. The zero-order valence-electron chi connectivity index (χ0n) is 12.8. The van der Waals surface area contributed by atoms with Crippen molar-refractivity contribution in [2.24, 2.45) is 0 Å². The number of hydrogen-bond donors (Lipinski definition) is 0. The van der Waals surface area contributed by atoms with Crippen LogP contribution < -0.4 is 4.74 Å². The lowest BCUT2D eigenvalue weighted by molar-refractivity contribution is 0.305. The third kappa shape index (κ3) is 5.86. The first-order valence-electron chi connectivity index (χ1n) is 7.84. The van der Waals surface area contributed by atoms with E-state index >= 15 is 0 Å². The van der Waals surface area contributed by atoms with Crippen LogP contribution in [0.1, 0.15) is 43.7 Å². The smallest absolute Gasteiger partial charge is 0.119 e. The SMILES string of the molecule is CCCCCCOc1ccc(C=Cc2ccccc2)cc1. The Bertz CT molecular complexity index is 526. The molecule has 2 aromatic rings. The molecule has 0 amide bonds. The molecule has 2 rings (SSSR count). The van der Waals surface area contributed by atoms with E-state index in [4.69, 9.17) is 4.74 Å². The molecule has 1 heteroatoms. The first kappa shape index (κ1) is 15.4. The summed E-state index contributed by atoms with van der Waals surface area (Å²) in [6, 6.07) is 18.6. The Morgan fingerprint density at radius 1 is 0.762 bits per heavy atom. The van der Waals surface area contributed by atoms with Crippen molar-refractivity contribution in [3.63, 3.8) is 0 Å². The summed E-state index contributed by atoms with van der Waals surface area (Å²) in [5.74, 6) is 0.961. The lowest BCUT2D eigenvalue weighted by Crippen LogP contribution is -1.96. The Morgan fingerprint density at radius 2 is 1.43 bits per heavy atom. The molecule has 0 N–H and O–H groups in total. The van der Waals surface area contributed by atoms with Gasteiger partial charge in [-0.05, 0) is 29.7 Å². The molecule has 0 radical (unpaired) electrons. The van der Waals surface area contributed by atoms with E-state index in [-0.39, 0.29) is 0 Å². The van der Waals surface area contributed by atoms with Gasteiger partial charge in [-0.3, -0.25) is 0 Å². The van der Waals surface area contributed by atoms with Crippen LogP contribution in [-0.4, -0.2) is 6.61 Å². The summed E-state index contributed by atoms with van der Waals surface area (Å²) in [4.78, 5) is 0. The molecule has 0 aliphatic carbocycles. The van der Waals surface area contributed by atoms with Gasteiger partial charge in [0.15, 0.2) is 0 Å². The molecule has 2 aromatic carbocycles. The summed E-state index contributed by atoms with van der Waals surface area (Å²) in [6.45, 7) is 3.04. The minimum atomic E-state index is 0.819. The Balaban J connectivity index is 1.80. The average molecular weight is 280 g/mol. The fraction of sp³-hybridized carbons (Fsp3) is 0.300. The van der Waals surface area contributed by atoms with Gasteiger partial charge in [0.05, 0.1) is 6.61 Å². The summed E-state index contributed by atoms with van der Waals surface area (Å²) in [6.07, 6.45) is 9.22. The van der Waals surface area contributed by atoms with Gasteiger partial charge in [-0.25, -0.2) is 0 Å². The number of benzene rings is 2. The minimum Gasteiger partial charge on any atom is -0.494 e. The van der Waals surface area contributed by atoms with Crippen molar-refractivity contribution in [2.75, 3.05) is 6.61 Å². The maximum Gasteiger partial charge on any atom is 0.119 e. The Kier molecular flexibility index (Phi) is 6.60. The van der Waals surface area contributed by atoms with E-state index < -0.39 is 0 Å². The Labute approximate surface area is 128 Å². The van der Waals surface area contributed by atoms with Gasteiger partial charge >= 0.3 is 0 Å². The molecule has 0 fully saturated rings. The van der Waals surface area contributed by atoms with Crippen molar-refractivity contribution in [3.8, 4) is 5.75 Å². The molecule has 0 aliphatic rings. The van der Waals surface area contributed by atoms with Gasteiger partial charge in [0, 0.05) is 0 Å². The fourth-order valence-corrected chi connectivity index (χ4v) is 2.15. The first-order chi connectivity index (χ1) is 10.4. The van der Waals surface area contributed by atoms with E-state index in [1.165, 1.54) is 30.4 Å². The van der Waals surface area contributed by atoms with Gasteiger partial charge < -0.3 is 4.74 Å². The fourth-order valence-electron chi connectivity index (χ4n) is 2.15. The predicted molar refractivity (Wildman–Crippen MR) is 91.4 cm³/mol. The van der Waals surface area contributed by atoms with Crippen molar-refractivity contribution in [1.29, 1.82) is 0 Å². The van der Waals surface area contributed by atoms with Crippen molar-refractivity contribution in [3.05, 3.63) is 65.7 Å². The zero-order chi connectivity index (χ0) is 14.8. The molecule has 110 valence electrons. The molecule has 0 aliphatic heterocycles. The standard InChI is InChI=1S/C20H24O/c1-2-3-4-8-17-21-20-15-13-19(14-16-20)12-11-18-9-6-5-7-10-18/h5-7,9-16H,2-4,8,17H2,1H3. The van der Waals surface area contributed by atoms with Crippen LogP contribution in [0.5, 0.6) is 5.75 Å². The highest BCUT2D eigenvalue weighted by Gasteiger charge is 1.94. The maximum atomic E-state index is 5.75. The molecular formula is C20H24O. The highest BCUT2D eigenvalue weighted by molar-refractivity contribution is 5.69. The lowest BCUT2D eigenvalue weighted by Gasteiger charge is -2.06. The second kappa shape index (κ2) is 9.02. The third-order valence-corrected chi connectivity index (χ3v) is 3.41. The summed E-state index contributed by atoms with van der Waals surface area (Å²) in [5.41, 5.74) is 2.41. The average Bonchev–Trinajstić information content (AvgIpc) is 2.55. The summed E-state index contributed by atoms with van der Waals surface area (Å²) in [5, 5.41) is 0. The zero-order valence-corrected chi connectivity index (χ0v) is 12.8. The van der Waals surface area contributed by atoms with Crippen LogP contribution in [0, 0.1) is 0 Å². The molecule has 0 aromatic heterocycles. The molecule has 0 spiro atoms. The van der Waals surface area contributed by atoms with E-state index in [1.54, 1.807) is 0 Å². The van der Waals surface area contributed by atoms with Crippen molar-refractivity contribution in [2.45, 2.75) is 32.6 Å². The van der Waals surface area contributed by atoms with Crippen molar-refractivity contribution >= 4 is 12.2 Å². The summed E-state index contributed by atoms with van der Waals surface area (Å²) >= 11 is 0. The largest absolute Gasteiger partial charge is 0.494 e. The number of hydrogen-bond acceptors (Lipinski definition) is 1. The van der Waals surface area contributed by atoms with Gasteiger partial charge in [0.1, 0.15) is 5.75 Å². The third-order valence-electron chi connectivity index (χ3n) is 3.41. The Hall–Kier alpha value is -2.02. The number of unbranched alkanes of at least 4 members (excludes halogenated alkanes) is 3. The second-order valence-corrected chi connectivity index (χ2v) is 5.22. The molecule has 0 atom stereocenters. The Morgan fingerprint density at radius 3 is 2.10 bits per heavy atom. The number of ether oxygens (including phenoxy) is 1. The molecule has 1 nitrogen and oxygen atoms in total. The lowest BCUT2D eigenvalue weighted by atomic mass is 10.1. The quantitative estimate of drug-likeness (QED) is 0.437. The van der Waals surface area contributed by atoms with Gasteiger partial charge in [-0.2, -0.15) is 0 Å². The number of rotatable bonds is 8. The molecule has 0 saturated carbocycles. The summed E-state index contributed by atoms with van der Waals surface area (Å²) in [7, 11) is 0. The van der Waals surface area contributed by atoms with E-state index in [0.717, 1.165) is 18.8 Å². The molecule has 0 bridgehead atoms. The van der Waals surface area contributed by atoms with Gasteiger partial charge in [0.2, 0.25) is 0 Å². The van der Waals surface area contributed by atoms with Crippen LogP contribution >= 0.6 is 0 Å². The van der Waals surface area contributed by atoms with E-state index in [0.29, 0.717) is 0 Å². The monoisotopic (exact) mass is 280 g/mol. The van der Waals surface area contributed by atoms with Crippen molar-refractivity contribution < 1.29 is 4.74 Å². The van der Waals surface area contributed by atoms with Crippen LogP contribution in [0.3, 0.4) is 0 Å². The molecule has 0 heterocycles. The molecule has 0 saturated heterocycles. The van der Waals surface area contributed by atoms with E-state index in [9.17, 15) is 0 Å². The maximum absolute atomic E-state index is 5.75. The van der Waals surface area contributed by atoms with Crippen LogP contribution in [0.25, 0.3) is 12.2 Å². The minimum absolute atomic E-state index is 0.819. The van der Waals surface area contributed by atoms with Crippen molar-refractivity contribution in [1.82, 2.24) is 0 Å². The second-order valence-electron chi connectivity index (χ2n) is 5.22. The first-order valence-corrected chi connectivity index (χ1v) is 7.84. The summed E-state index contributed by atoms with van der Waals surface area (Å²) < 4.78 is 5.75. The normalized spacial score (nSPS) is 10.9. The van der Waals surface area contributed by atoms with Crippen LogP contribution in [-0.2, 0) is 0 Å². The highest BCUT2D eigenvalue weighted by atomic mass is 16.5. The topological polar surface area (TPSA) is 9.23 Å². The molecule has 21 heavy (non-hydrogen) atoms. The van der Waals surface area contributed by atoms with Crippen LogP contribution in [0.4, 0.5) is 0 Å². The van der Waals surface area contributed by atoms with Crippen LogP contribution in [0.15, 0.2) is 54.6 Å². The van der Waals surface area contributed by atoms with Gasteiger partial charge in [0.25, 0.3) is 0 Å². The predicted octanol–water partition coefficient (Wildman–Crippen LogP) is 5.82. The van der Waals surface area contributed by atoms with E-state index in [2.05, 4.69) is 55.5 Å². The molecular weight excluding hydrogens is 256 g/mol. The van der Waals surface area contributed by atoms with Gasteiger partial charge in [-0.15, -0.1) is 0 Å². The van der Waals surface area contributed by atoms with Crippen LogP contribution in [0.2, 0.25) is 0 Å². The van der Waals surface area contributed by atoms with E-state index in [1.807, 2.05) is 18.2 Å². The highest BCUT2D eigenvalue weighted by Crippen LogP contribution is 2.15.